The number of hydrogen-bond acceptors (Lipinski definition) is 1. The lowest BCUT2D eigenvalue weighted by atomic mass is 9.77. The maximum Gasteiger partial charge on any atom is 0.136 e. The number of Topliss-reactive ketones (excluding diaryl/α,β-unsaturated/α-hetero) is 1. The molecule has 0 amide bonds. The van der Waals surface area contributed by atoms with E-state index in [0.717, 1.165) is 6.42 Å². The van der Waals surface area contributed by atoms with Gasteiger partial charge in [0.15, 0.2) is 0 Å². The van der Waals surface area contributed by atoms with Crippen LogP contribution >= 0.6 is 0 Å². The molecule has 2 atom stereocenters. The van der Waals surface area contributed by atoms with Gasteiger partial charge in [-0.25, -0.2) is 0 Å². The highest BCUT2D eigenvalue weighted by Crippen LogP contribution is 2.44. The van der Waals surface area contributed by atoms with Crippen LogP contribution in [0.25, 0.3) is 0 Å². The van der Waals surface area contributed by atoms with Gasteiger partial charge < -0.3 is 0 Å². The average molecular weight is 140 g/mol. The monoisotopic (exact) mass is 140 g/mol. The smallest absolute Gasteiger partial charge is 0.136 e. The van der Waals surface area contributed by atoms with Gasteiger partial charge >= 0.3 is 0 Å². The molecule has 0 spiro atoms. The zero-order chi connectivity index (χ0) is 7.94. The van der Waals surface area contributed by atoms with Crippen molar-refractivity contribution in [2.24, 2.45) is 17.3 Å². The third kappa shape index (κ3) is 0.882. The highest BCUT2D eigenvalue weighted by atomic mass is 16.1. The summed E-state index contributed by atoms with van der Waals surface area (Å²) in [6.07, 6.45) is 0.786. The summed E-state index contributed by atoms with van der Waals surface area (Å²) in [5, 5.41) is 0. The molecule has 0 heterocycles. The minimum absolute atomic E-state index is 0.233. The third-order valence-corrected chi connectivity index (χ3v) is 3.38. The first-order valence-corrected chi connectivity index (χ1v) is 3.99. The van der Waals surface area contributed by atoms with E-state index >= 15 is 0 Å². The lowest BCUT2D eigenvalue weighted by molar-refractivity contribution is -0.121. The Morgan fingerprint density at radius 1 is 1.40 bits per heavy atom. The van der Waals surface area contributed by atoms with Crippen molar-refractivity contribution >= 4 is 5.78 Å². The van der Waals surface area contributed by atoms with Crippen LogP contribution in [0.2, 0.25) is 0 Å². The van der Waals surface area contributed by atoms with Gasteiger partial charge in [0.1, 0.15) is 5.78 Å². The van der Waals surface area contributed by atoms with Crippen LogP contribution < -0.4 is 0 Å². The van der Waals surface area contributed by atoms with Gasteiger partial charge in [-0.05, 0) is 11.3 Å². The van der Waals surface area contributed by atoms with Crippen LogP contribution in [0.5, 0.6) is 0 Å². The van der Waals surface area contributed by atoms with Crippen molar-refractivity contribution in [2.75, 3.05) is 0 Å². The third-order valence-electron chi connectivity index (χ3n) is 3.38. The van der Waals surface area contributed by atoms with E-state index in [2.05, 4.69) is 20.8 Å². The molecule has 1 aliphatic carbocycles. The Morgan fingerprint density at radius 3 is 2.00 bits per heavy atom. The number of ketones is 1. The molecule has 58 valence electrons. The first-order valence-electron chi connectivity index (χ1n) is 3.99. The fraction of sp³-hybridized carbons (Fsp3) is 0.889. The van der Waals surface area contributed by atoms with Gasteiger partial charge in [-0.3, -0.25) is 4.79 Å². The van der Waals surface area contributed by atoms with Crippen LogP contribution in [0, 0.1) is 17.3 Å². The van der Waals surface area contributed by atoms with Crippen LogP contribution in [-0.4, -0.2) is 5.78 Å². The predicted molar refractivity (Wildman–Crippen MR) is 41.7 cm³/mol. The highest BCUT2D eigenvalue weighted by molar-refractivity contribution is 5.84. The van der Waals surface area contributed by atoms with Crippen molar-refractivity contribution in [3.8, 4) is 0 Å². The normalized spacial score (nSPS) is 38.6. The lowest BCUT2D eigenvalue weighted by Crippen LogP contribution is -2.22. The second kappa shape index (κ2) is 2.08. The Balaban J connectivity index is 2.85. The molecule has 0 N–H and O–H groups in total. The van der Waals surface area contributed by atoms with Crippen molar-refractivity contribution in [3.63, 3.8) is 0 Å². The van der Waals surface area contributed by atoms with E-state index in [9.17, 15) is 4.79 Å². The molecule has 0 radical (unpaired) electrons. The number of carbonyl (C=O) groups excluding carboxylic acids is 1. The quantitative estimate of drug-likeness (QED) is 0.504. The number of carbonyl (C=O) groups is 1. The largest absolute Gasteiger partial charge is 0.299 e. The van der Waals surface area contributed by atoms with Crippen molar-refractivity contribution in [2.45, 2.75) is 34.1 Å². The van der Waals surface area contributed by atoms with Crippen LogP contribution in [-0.2, 0) is 4.79 Å². The van der Waals surface area contributed by atoms with E-state index in [0.29, 0.717) is 11.7 Å². The average Bonchev–Trinajstić information content (AvgIpc) is 1.97. The van der Waals surface area contributed by atoms with Gasteiger partial charge in [-0.2, -0.15) is 0 Å². The van der Waals surface area contributed by atoms with Gasteiger partial charge in [0, 0.05) is 12.3 Å². The molecule has 0 unspecified atom stereocenters. The van der Waals surface area contributed by atoms with E-state index in [1.807, 2.05) is 6.92 Å². The highest BCUT2D eigenvalue weighted by Gasteiger charge is 2.43. The van der Waals surface area contributed by atoms with Crippen molar-refractivity contribution in [1.82, 2.24) is 0 Å². The molecule has 0 saturated heterocycles. The topological polar surface area (TPSA) is 17.1 Å². The standard InChI is InChI=1S/C9H16O/c1-6-5-8(10)7(2)9(6,3)4/h6-7H,5H2,1-4H3/t6-,7-/m1/s1. The maximum absolute atomic E-state index is 11.2. The molecule has 0 aromatic rings. The Bertz CT molecular complexity index is 158. The fourth-order valence-electron chi connectivity index (χ4n) is 1.58. The van der Waals surface area contributed by atoms with E-state index < -0.39 is 0 Å². The molecule has 10 heavy (non-hydrogen) atoms. The van der Waals surface area contributed by atoms with Crippen LogP contribution in [0.1, 0.15) is 34.1 Å². The van der Waals surface area contributed by atoms with Gasteiger partial charge in [0.25, 0.3) is 0 Å². The minimum atomic E-state index is 0.233. The second-order valence-electron chi connectivity index (χ2n) is 4.11. The number of rotatable bonds is 0. The Hall–Kier alpha value is -0.330. The molecule has 1 fully saturated rings. The van der Waals surface area contributed by atoms with Crippen LogP contribution in [0.3, 0.4) is 0 Å². The van der Waals surface area contributed by atoms with Crippen LogP contribution in [0.4, 0.5) is 0 Å². The Morgan fingerprint density at radius 2 is 1.90 bits per heavy atom. The molecule has 1 heteroatoms. The summed E-state index contributed by atoms with van der Waals surface area (Å²) >= 11 is 0. The molecular formula is C9H16O. The first-order chi connectivity index (χ1) is 4.46. The molecule has 0 bridgehead atoms. The number of hydrogen-bond donors (Lipinski definition) is 0. The van der Waals surface area contributed by atoms with E-state index in [-0.39, 0.29) is 11.3 Å². The zero-order valence-electron chi connectivity index (χ0n) is 7.27. The molecule has 1 aliphatic rings. The fourth-order valence-corrected chi connectivity index (χ4v) is 1.58. The molecule has 0 aliphatic heterocycles. The zero-order valence-corrected chi connectivity index (χ0v) is 7.27. The van der Waals surface area contributed by atoms with E-state index in [1.54, 1.807) is 0 Å². The van der Waals surface area contributed by atoms with Gasteiger partial charge in [0.05, 0.1) is 0 Å². The molecule has 1 nitrogen and oxygen atoms in total. The lowest BCUT2D eigenvalue weighted by Gasteiger charge is -2.26. The van der Waals surface area contributed by atoms with Crippen molar-refractivity contribution < 1.29 is 4.79 Å². The van der Waals surface area contributed by atoms with Gasteiger partial charge in [-0.1, -0.05) is 27.7 Å². The minimum Gasteiger partial charge on any atom is -0.299 e. The molecular weight excluding hydrogens is 124 g/mol. The summed E-state index contributed by atoms with van der Waals surface area (Å²) in [4.78, 5) is 11.2. The van der Waals surface area contributed by atoms with Crippen molar-refractivity contribution in [1.29, 1.82) is 0 Å². The predicted octanol–water partition coefficient (Wildman–Crippen LogP) is 2.26. The van der Waals surface area contributed by atoms with Crippen molar-refractivity contribution in [3.05, 3.63) is 0 Å². The summed E-state index contributed by atoms with van der Waals surface area (Å²) in [5.41, 5.74) is 0.233. The van der Waals surface area contributed by atoms with Crippen LogP contribution in [0.15, 0.2) is 0 Å². The Labute approximate surface area is 62.8 Å². The second-order valence-corrected chi connectivity index (χ2v) is 4.11. The molecule has 0 aromatic heterocycles. The summed E-state index contributed by atoms with van der Waals surface area (Å²) in [6.45, 7) is 8.59. The summed E-state index contributed by atoms with van der Waals surface area (Å²) in [7, 11) is 0. The summed E-state index contributed by atoms with van der Waals surface area (Å²) < 4.78 is 0. The summed E-state index contributed by atoms with van der Waals surface area (Å²) in [5.74, 6) is 1.27. The van der Waals surface area contributed by atoms with E-state index in [4.69, 9.17) is 0 Å². The molecule has 1 saturated carbocycles. The van der Waals surface area contributed by atoms with Gasteiger partial charge in [0.2, 0.25) is 0 Å². The first kappa shape index (κ1) is 7.77. The SMILES string of the molecule is C[C@@H]1CC(=O)[C@@H](C)C1(C)C. The van der Waals surface area contributed by atoms with Gasteiger partial charge in [-0.15, -0.1) is 0 Å². The summed E-state index contributed by atoms with van der Waals surface area (Å²) in [6, 6.07) is 0. The molecule has 0 aromatic carbocycles. The Kier molecular flexibility index (Phi) is 1.61. The maximum atomic E-state index is 11.2. The van der Waals surface area contributed by atoms with E-state index in [1.165, 1.54) is 0 Å². The molecule has 1 rings (SSSR count).